The number of benzene rings is 8. The molecule has 11 rings (SSSR count). The van der Waals surface area contributed by atoms with Crippen molar-refractivity contribution in [3.8, 4) is 62.1 Å². The van der Waals surface area contributed by atoms with Crippen molar-refractivity contribution in [1.82, 2.24) is 19.5 Å². The molecule has 3 aromatic heterocycles. The van der Waals surface area contributed by atoms with E-state index in [1.807, 2.05) is 0 Å². The van der Waals surface area contributed by atoms with E-state index in [1.165, 1.54) is 42.1 Å². The van der Waals surface area contributed by atoms with Crippen LogP contribution in [-0.2, 0) is 0 Å². The first-order chi connectivity index (χ1) is 27.7. The Morgan fingerprint density at radius 2 is 0.875 bits per heavy atom. The fourth-order valence-corrected chi connectivity index (χ4v) is 9.16. The summed E-state index contributed by atoms with van der Waals surface area (Å²) in [6, 6.07) is 68.6. The first-order valence-electron chi connectivity index (χ1n) is 18.8. The second kappa shape index (κ2) is 13.3. The number of thiophene rings is 1. The molecule has 0 spiro atoms. The first kappa shape index (κ1) is 32.2. The number of nitrogens with zero attached hydrogens (tertiary/aromatic N) is 4. The van der Waals surface area contributed by atoms with Crippen molar-refractivity contribution in [1.29, 1.82) is 0 Å². The van der Waals surface area contributed by atoms with Gasteiger partial charge in [-0.05, 0) is 70.8 Å². The molecule has 0 aliphatic carbocycles. The van der Waals surface area contributed by atoms with Crippen molar-refractivity contribution in [2.45, 2.75) is 0 Å². The highest BCUT2D eigenvalue weighted by molar-refractivity contribution is 7.25. The second-order valence-electron chi connectivity index (χ2n) is 14.0. The first-order valence-corrected chi connectivity index (χ1v) is 19.6. The van der Waals surface area contributed by atoms with Crippen LogP contribution in [0.5, 0.6) is 0 Å². The number of para-hydroxylation sites is 2. The van der Waals surface area contributed by atoms with Crippen molar-refractivity contribution in [3.05, 3.63) is 194 Å². The van der Waals surface area contributed by atoms with E-state index in [0.717, 1.165) is 44.5 Å². The Hall–Kier alpha value is -7.21. The lowest BCUT2D eigenvalue weighted by molar-refractivity contribution is 1.08. The van der Waals surface area contributed by atoms with Gasteiger partial charge in [0.2, 0.25) is 0 Å². The number of aromatic nitrogens is 4. The summed E-state index contributed by atoms with van der Waals surface area (Å²) >= 11 is 1.80. The van der Waals surface area contributed by atoms with E-state index in [1.54, 1.807) is 11.3 Å². The normalized spacial score (nSPS) is 11.6. The Labute approximate surface area is 327 Å². The van der Waals surface area contributed by atoms with Crippen LogP contribution in [0.2, 0.25) is 0 Å². The van der Waals surface area contributed by atoms with Gasteiger partial charge in [0, 0.05) is 53.3 Å². The lowest BCUT2D eigenvalue weighted by atomic mass is 9.98. The van der Waals surface area contributed by atoms with E-state index in [0.29, 0.717) is 17.5 Å². The predicted octanol–water partition coefficient (Wildman–Crippen LogP) is 13.7. The van der Waals surface area contributed by atoms with Gasteiger partial charge < -0.3 is 4.57 Å². The Morgan fingerprint density at radius 1 is 0.339 bits per heavy atom. The molecule has 4 nitrogen and oxygen atoms in total. The van der Waals surface area contributed by atoms with Crippen LogP contribution in [0.25, 0.3) is 104 Å². The van der Waals surface area contributed by atoms with Gasteiger partial charge in [0.15, 0.2) is 17.5 Å². The molecule has 0 saturated heterocycles. The molecule has 0 unspecified atom stereocenters. The molecule has 0 aliphatic rings. The summed E-state index contributed by atoms with van der Waals surface area (Å²) in [6.45, 7) is 0. The molecule has 262 valence electrons. The monoisotopic (exact) mass is 732 g/mol. The molecule has 0 fully saturated rings. The molecule has 0 N–H and O–H groups in total. The number of fused-ring (bicyclic) bond motifs is 6. The van der Waals surface area contributed by atoms with Gasteiger partial charge in [-0.15, -0.1) is 11.3 Å². The van der Waals surface area contributed by atoms with Crippen molar-refractivity contribution in [2.24, 2.45) is 0 Å². The number of hydrogen-bond acceptors (Lipinski definition) is 4. The molecule has 0 radical (unpaired) electrons. The van der Waals surface area contributed by atoms with Crippen molar-refractivity contribution < 1.29 is 0 Å². The molecule has 0 amide bonds. The summed E-state index contributed by atoms with van der Waals surface area (Å²) < 4.78 is 4.79. The summed E-state index contributed by atoms with van der Waals surface area (Å²) in [5.74, 6) is 1.91. The summed E-state index contributed by atoms with van der Waals surface area (Å²) in [7, 11) is 0. The third-order valence-corrected chi connectivity index (χ3v) is 11.8. The third-order valence-electron chi connectivity index (χ3n) is 10.6. The summed E-state index contributed by atoms with van der Waals surface area (Å²) in [5.41, 5.74) is 10.8. The smallest absolute Gasteiger partial charge is 0.164 e. The van der Waals surface area contributed by atoms with Crippen molar-refractivity contribution in [3.63, 3.8) is 0 Å². The largest absolute Gasteiger partial charge is 0.309 e. The van der Waals surface area contributed by atoms with E-state index < -0.39 is 0 Å². The number of rotatable bonds is 6. The van der Waals surface area contributed by atoms with Gasteiger partial charge in [0.1, 0.15) is 0 Å². The Bertz CT molecular complexity index is 3250. The minimum Gasteiger partial charge on any atom is -0.309 e. The third kappa shape index (κ3) is 5.48. The fourth-order valence-electron chi connectivity index (χ4n) is 8.03. The number of hydrogen-bond donors (Lipinski definition) is 0. The molecule has 56 heavy (non-hydrogen) atoms. The van der Waals surface area contributed by atoms with E-state index in [4.69, 9.17) is 15.0 Å². The lowest BCUT2D eigenvalue weighted by Crippen LogP contribution is -2.01. The van der Waals surface area contributed by atoms with Crippen molar-refractivity contribution in [2.75, 3.05) is 0 Å². The van der Waals surface area contributed by atoms with Gasteiger partial charge in [-0.1, -0.05) is 146 Å². The molecule has 0 bridgehead atoms. The van der Waals surface area contributed by atoms with Crippen LogP contribution >= 0.6 is 11.3 Å². The Balaban J connectivity index is 1.12. The van der Waals surface area contributed by atoms with Crippen LogP contribution in [0.1, 0.15) is 0 Å². The fraction of sp³-hybridized carbons (Fsp3) is 0. The quantitative estimate of drug-likeness (QED) is 0.171. The van der Waals surface area contributed by atoms with Gasteiger partial charge in [-0.25, -0.2) is 15.0 Å². The van der Waals surface area contributed by atoms with Crippen LogP contribution in [0.15, 0.2) is 194 Å². The molecule has 11 aromatic rings. The Kier molecular flexibility index (Phi) is 7.64. The second-order valence-corrected chi connectivity index (χ2v) is 15.1. The zero-order chi connectivity index (χ0) is 37.0. The molecule has 3 heterocycles. The molecule has 0 aliphatic heterocycles. The predicted molar refractivity (Wildman–Crippen MR) is 234 cm³/mol. The summed E-state index contributed by atoms with van der Waals surface area (Å²) in [5, 5.41) is 4.77. The molecular formula is C51H32N4S. The average Bonchev–Trinajstić information content (AvgIpc) is 3.83. The van der Waals surface area contributed by atoms with Gasteiger partial charge in [-0.3, -0.25) is 0 Å². The highest BCUT2D eigenvalue weighted by Gasteiger charge is 2.19. The standard InChI is InChI=1S/C51H32N4S/c1-3-14-33(15-4-1)34-16-11-17-35(30-34)36-18-12-19-37(31-36)49-52-50(54-51(53-49)43-24-13-27-47-48(43)42-23-8-10-26-46(42)56-47)38-28-29-41-40-22-7-9-25-44(40)55(45(41)32-38)39-20-5-2-6-21-39/h1-32H. The van der Waals surface area contributed by atoms with Crippen LogP contribution in [0.3, 0.4) is 0 Å². The highest BCUT2D eigenvalue weighted by atomic mass is 32.1. The van der Waals surface area contributed by atoms with Crippen LogP contribution in [0.4, 0.5) is 0 Å². The van der Waals surface area contributed by atoms with Crippen LogP contribution in [-0.4, -0.2) is 19.5 Å². The van der Waals surface area contributed by atoms with Gasteiger partial charge in [-0.2, -0.15) is 0 Å². The maximum atomic E-state index is 5.30. The SMILES string of the molecule is c1ccc(-c2cccc(-c3cccc(-c4nc(-c5ccc6c7ccccc7n(-c7ccccc7)c6c5)nc(-c5cccc6sc7ccccc7c56)n4)c3)c2)cc1. The minimum atomic E-state index is 0.629. The van der Waals surface area contributed by atoms with Crippen molar-refractivity contribution >= 4 is 53.3 Å². The molecule has 0 atom stereocenters. The maximum absolute atomic E-state index is 5.30. The summed E-state index contributed by atoms with van der Waals surface area (Å²) in [4.78, 5) is 15.8. The summed E-state index contributed by atoms with van der Waals surface area (Å²) in [6.07, 6.45) is 0. The molecular weight excluding hydrogens is 701 g/mol. The zero-order valence-corrected chi connectivity index (χ0v) is 31.0. The van der Waals surface area contributed by atoms with Crippen LogP contribution in [0, 0.1) is 0 Å². The van der Waals surface area contributed by atoms with E-state index >= 15 is 0 Å². The van der Waals surface area contributed by atoms with Crippen LogP contribution < -0.4 is 0 Å². The van der Waals surface area contributed by atoms with E-state index in [9.17, 15) is 0 Å². The zero-order valence-electron chi connectivity index (χ0n) is 30.2. The minimum absolute atomic E-state index is 0.629. The molecule has 5 heteroatoms. The maximum Gasteiger partial charge on any atom is 0.164 e. The van der Waals surface area contributed by atoms with Gasteiger partial charge >= 0.3 is 0 Å². The molecule has 8 aromatic carbocycles. The Morgan fingerprint density at radius 3 is 1.66 bits per heavy atom. The van der Waals surface area contributed by atoms with Gasteiger partial charge in [0.05, 0.1) is 11.0 Å². The van der Waals surface area contributed by atoms with E-state index in [-0.39, 0.29) is 0 Å². The highest BCUT2D eigenvalue weighted by Crippen LogP contribution is 2.40. The molecule has 0 saturated carbocycles. The van der Waals surface area contributed by atoms with Gasteiger partial charge in [0.25, 0.3) is 0 Å². The topological polar surface area (TPSA) is 43.6 Å². The van der Waals surface area contributed by atoms with E-state index in [2.05, 4.69) is 199 Å². The lowest BCUT2D eigenvalue weighted by Gasteiger charge is -2.12. The average molecular weight is 733 g/mol.